The van der Waals surface area contributed by atoms with Crippen LogP contribution in [0.5, 0.6) is 5.75 Å². The van der Waals surface area contributed by atoms with Crippen molar-refractivity contribution in [1.82, 2.24) is 9.55 Å². The highest BCUT2D eigenvalue weighted by molar-refractivity contribution is 6.36. The molecule has 34 heavy (non-hydrogen) atoms. The molecule has 172 valence electrons. The van der Waals surface area contributed by atoms with Gasteiger partial charge in [0.1, 0.15) is 11.6 Å². The molecule has 1 atom stereocenters. The number of hydrogen-bond acceptors (Lipinski definition) is 2. The molecule has 1 saturated carbocycles. The maximum Gasteiger partial charge on any atom is 0.133 e. The normalized spacial score (nSPS) is 20.6. The minimum Gasteiger partial charge on any atom is -0.497 e. The lowest BCUT2D eigenvalue weighted by Crippen LogP contribution is -1.96. The lowest BCUT2D eigenvalue weighted by Gasteiger charge is -2.09. The Hall–Kier alpha value is -3.01. The minimum atomic E-state index is 0.209. The van der Waals surface area contributed by atoms with E-state index < -0.39 is 0 Å². The van der Waals surface area contributed by atoms with E-state index in [1.165, 1.54) is 24.0 Å². The topological polar surface area (TPSA) is 27.1 Å². The first-order chi connectivity index (χ1) is 16.6. The van der Waals surface area contributed by atoms with Gasteiger partial charge in [-0.2, -0.15) is 0 Å². The van der Waals surface area contributed by atoms with Crippen LogP contribution in [0.15, 0.2) is 85.1 Å². The molecule has 2 aliphatic carbocycles. The number of halogens is 2. The summed E-state index contributed by atoms with van der Waals surface area (Å²) >= 11 is 12.5. The third-order valence-electron chi connectivity index (χ3n) is 6.16. The summed E-state index contributed by atoms with van der Waals surface area (Å²) in [7, 11) is 1.69. The first kappa shape index (κ1) is 22.8. The molecule has 2 aliphatic rings. The Balaban J connectivity index is 1.35. The molecule has 0 N–H and O–H groups in total. The highest BCUT2D eigenvalue weighted by Gasteiger charge is 2.26. The van der Waals surface area contributed by atoms with E-state index in [1.807, 2.05) is 24.3 Å². The second-order valence-electron chi connectivity index (χ2n) is 8.62. The van der Waals surface area contributed by atoms with Gasteiger partial charge in [-0.3, -0.25) is 0 Å². The van der Waals surface area contributed by atoms with Crippen molar-refractivity contribution in [2.24, 2.45) is 5.92 Å². The summed E-state index contributed by atoms with van der Waals surface area (Å²) in [5.41, 5.74) is 4.28. The Morgan fingerprint density at radius 1 is 1.06 bits per heavy atom. The predicted molar refractivity (Wildman–Crippen MR) is 142 cm³/mol. The number of nitrogens with zero attached hydrogens (tertiary/aromatic N) is 2. The van der Waals surface area contributed by atoms with Gasteiger partial charge in [-0.05, 0) is 66.8 Å². The molecule has 0 aliphatic heterocycles. The molecule has 0 bridgehead atoms. The van der Waals surface area contributed by atoms with Gasteiger partial charge in [0, 0.05) is 28.7 Å². The molecule has 0 amide bonds. The second-order valence-corrected chi connectivity index (χ2v) is 9.46. The molecule has 5 rings (SSSR count). The number of allylic oxidation sites excluding steroid dienone is 7. The number of aromatic nitrogens is 2. The Kier molecular flexibility index (Phi) is 6.75. The van der Waals surface area contributed by atoms with Gasteiger partial charge < -0.3 is 9.30 Å². The van der Waals surface area contributed by atoms with E-state index in [0.717, 1.165) is 29.3 Å². The molecule has 2 aromatic carbocycles. The monoisotopic (exact) mass is 488 g/mol. The summed E-state index contributed by atoms with van der Waals surface area (Å²) < 4.78 is 7.54. The molecule has 1 fully saturated rings. The molecule has 0 saturated heterocycles. The van der Waals surface area contributed by atoms with Crippen LogP contribution >= 0.6 is 23.2 Å². The lowest BCUT2D eigenvalue weighted by atomic mass is 9.97. The van der Waals surface area contributed by atoms with Gasteiger partial charge in [0.2, 0.25) is 0 Å². The number of methoxy groups -OCH3 is 1. The SMILES string of the molecule is COc1ccc(/C2=C/C=CC(/C=C/c3nc(-c4ccc(Cl)cc4Cl)cn3C3CC3)/C=C\C2)cc1. The van der Waals surface area contributed by atoms with Gasteiger partial charge in [0.25, 0.3) is 0 Å². The van der Waals surface area contributed by atoms with E-state index in [2.05, 4.69) is 65.4 Å². The third-order valence-corrected chi connectivity index (χ3v) is 6.71. The summed E-state index contributed by atoms with van der Waals surface area (Å²) in [4.78, 5) is 4.90. The first-order valence-electron chi connectivity index (χ1n) is 11.5. The molecule has 3 aromatic rings. The largest absolute Gasteiger partial charge is 0.497 e. The summed E-state index contributed by atoms with van der Waals surface area (Å²) in [6.45, 7) is 0. The maximum atomic E-state index is 6.44. The molecule has 1 unspecified atom stereocenters. The van der Waals surface area contributed by atoms with Crippen LogP contribution in [-0.4, -0.2) is 16.7 Å². The quantitative estimate of drug-likeness (QED) is 0.325. The summed E-state index contributed by atoms with van der Waals surface area (Å²) in [6.07, 6.45) is 20.7. The number of benzene rings is 2. The van der Waals surface area contributed by atoms with Crippen molar-refractivity contribution in [1.29, 1.82) is 0 Å². The fourth-order valence-corrected chi connectivity index (χ4v) is 4.64. The lowest BCUT2D eigenvalue weighted by molar-refractivity contribution is 0.415. The average molecular weight is 489 g/mol. The number of imidazole rings is 1. The Bertz CT molecular complexity index is 1290. The third kappa shape index (κ3) is 5.22. The highest BCUT2D eigenvalue weighted by atomic mass is 35.5. The predicted octanol–water partition coefficient (Wildman–Crippen LogP) is 8.43. The van der Waals surface area contributed by atoms with E-state index >= 15 is 0 Å². The molecule has 1 heterocycles. The van der Waals surface area contributed by atoms with E-state index in [9.17, 15) is 0 Å². The maximum absolute atomic E-state index is 6.44. The van der Waals surface area contributed by atoms with Crippen LogP contribution < -0.4 is 4.74 Å². The minimum absolute atomic E-state index is 0.209. The summed E-state index contributed by atoms with van der Waals surface area (Å²) in [6, 6.07) is 14.3. The average Bonchev–Trinajstić information content (AvgIpc) is 3.58. The zero-order valence-corrected chi connectivity index (χ0v) is 20.5. The van der Waals surface area contributed by atoms with Gasteiger partial charge in [0.15, 0.2) is 0 Å². The van der Waals surface area contributed by atoms with Crippen LogP contribution in [0.25, 0.3) is 22.9 Å². The van der Waals surface area contributed by atoms with Crippen molar-refractivity contribution in [3.8, 4) is 17.0 Å². The summed E-state index contributed by atoms with van der Waals surface area (Å²) in [5.74, 6) is 2.04. The zero-order chi connectivity index (χ0) is 23.5. The van der Waals surface area contributed by atoms with Crippen LogP contribution in [0, 0.1) is 5.92 Å². The van der Waals surface area contributed by atoms with Crippen molar-refractivity contribution in [3.05, 3.63) is 107 Å². The smallest absolute Gasteiger partial charge is 0.133 e. The van der Waals surface area contributed by atoms with Gasteiger partial charge in [-0.15, -0.1) is 0 Å². The molecular weight excluding hydrogens is 463 g/mol. The van der Waals surface area contributed by atoms with Gasteiger partial charge in [0.05, 0.1) is 17.8 Å². The van der Waals surface area contributed by atoms with Crippen LogP contribution in [0.2, 0.25) is 10.0 Å². The van der Waals surface area contributed by atoms with Crippen LogP contribution in [0.1, 0.15) is 36.7 Å². The standard InChI is InChI=1S/C29H26Cl2N2O/c1-34-25-14-9-22(10-15-25)21-6-2-4-20(5-3-7-21)8-17-29-32-28(19-33(29)24-12-13-24)26-16-11-23(30)18-27(26)31/h2-6,8-11,14-20,24H,7,12-13H2,1H3/b4-2?,5-3-,17-8+,21-6+. The van der Waals surface area contributed by atoms with E-state index in [4.69, 9.17) is 32.9 Å². The van der Waals surface area contributed by atoms with Gasteiger partial charge in [-0.25, -0.2) is 4.98 Å². The molecule has 5 heteroatoms. The fourth-order valence-electron chi connectivity index (χ4n) is 4.13. The Labute approximate surface area is 210 Å². The summed E-state index contributed by atoms with van der Waals surface area (Å²) in [5, 5.41) is 1.25. The van der Waals surface area contributed by atoms with Crippen molar-refractivity contribution >= 4 is 34.9 Å². The zero-order valence-electron chi connectivity index (χ0n) is 19.0. The Morgan fingerprint density at radius 3 is 2.62 bits per heavy atom. The van der Waals surface area contributed by atoms with Gasteiger partial charge in [-0.1, -0.05) is 71.8 Å². The van der Waals surface area contributed by atoms with Crippen LogP contribution in [-0.2, 0) is 0 Å². The van der Waals surface area contributed by atoms with Crippen LogP contribution in [0.3, 0.4) is 0 Å². The Morgan fingerprint density at radius 2 is 1.88 bits per heavy atom. The highest BCUT2D eigenvalue weighted by Crippen LogP contribution is 2.39. The molecule has 0 spiro atoms. The second kappa shape index (κ2) is 10.1. The number of rotatable bonds is 6. The molecule has 0 radical (unpaired) electrons. The van der Waals surface area contributed by atoms with E-state index in [0.29, 0.717) is 16.1 Å². The molecule has 3 nitrogen and oxygen atoms in total. The molecular formula is C29H26Cl2N2O. The van der Waals surface area contributed by atoms with Crippen LogP contribution in [0.4, 0.5) is 0 Å². The first-order valence-corrected chi connectivity index (χ1v) is 12.3. The van der Waals surface area contributed by atoms with Gasteiger partial charge >= 0.3 is 0 Å². The van der Waals surface area contributed by atoms with Crippen molar-refractivity contribution in [2.75, 3.05) is 7.11 Å². The van der Waals surface area contributed by atoms with E-state index in [-0.39, 0.29) is 5.92 Å². The van der Waals surface area contributed by atoms with Crippen molar-refractivity contribution in [3.63, 3.8) is 0 Å². The fraction of sp³-hybridized carbons (Fsp3) is 0.207. The number of hydrogen-bond donors (Lipinski definition) is 0. The van der Waals surface area contributed by atoms with E-state index in [1.54, 1.807) is 13.2 Å². The number of ether oxygens (including phenoxy) is 1. The molecule has 1 aromatic heterocycles. The van der Waals surface area contributed by atoms with Crippen molar-refractivity contribution < 1.29 is 4.74 Å². The van der Waals surface area contributed by atoms with Crippen molar-refractivity contribution in [2.45, 2.75) is 25.3 Å².